The highest BCUT2D eigenvalue weighted by Crippen LogP contribution is 2.39. The predicted octanol–water partition coefficient (Wildman–Crippen LogP) is 0.333. The highest BCUT2D eigenvalue weighted by molar-refractivity contribution is 5.74. The van der Waals surface area contributed by atoms with E-state index in [9.17, 15) is 4.79 Å². The van der Waals surface area contributed by atoms with Crippen molar-refractivity contribution >= 4 is 11.9 Å². The van der Waals surface area contributed by atoms with Crippen LogP contribution in [0.1, 0.15) is 24.6 Å². The van der Waals surface area contributed by atoms with E-state index in [0.717, 1.165) is 43.3 Å². The number of rotatable bonds is 1. The van der Waals surface area contributed by atoms with Gasteiger partial charge in [0.25, 0.3) is 0 Å². The Hall–Kier alpha value is -1.73. The topological polar surface area (TPSA) is 67.8 Å². The Kier molecular flexibility index (Phi) is 3.69. The summed E-state index contributed by atoms with van der Waals surface area (Å²) in [6, 6.07) is 0. The van der Waals surface area contributed by atoms with E-state index in [-0.39, 0.29) is 11.3 Å². The second-order valence-corrected chi connectivity index (χ2v) is 6.61. The standard InChI is InChI=1S/C16H22N4O3/c1-12(21)20-3-2-16(10-20)11-23-9-13-8-17-15(18-14(13)16)19-4-6-22-7-5-19/h8H,2-7,9-11H2,1H3/t16-/m1/s1. The molecule has 7 nitrogen and oxygen atoms in total. The maximum Gasteiger partial charge on any atom is 0.225 e. The van der Waals surface area contributed by atoms with Crippen LogP contribution in [0.4, 0.5) is 5.95 Å². The first kappa shape index (κ1) is 14.8. The van der Waals surface area contributed by atoms with Crippen LogP contribution >= 0.6 is 0 Å². The summed E-state index contributed by atoms with van der Waals surface area (Å²) >= 11 is 0. The molecule has 0 saturated carbocycles. The first-order chi connectivity index (χ1) is 11.2. The number of morpholine rings is 1. The maximum atomic E-state index is 11.7. The number of anilines is 1. The van der Waals surface area contributed by atoms with Crippen molar-refractivity contribution in [2.45, 2.75) is 25.4 Å². The van der Waals surface area contributed by atoms with E-state index in [1.807, 2.05) is 11.1 Å². The summed E-state index contributed by atoms with van der Waals surface area (Å²) in [7, 11) is 0. The van der Waals surface area contributed by atoms with Crippen molar-refractivity contribution in [2.75, 3.05) is 50.9 Å². The van der Waals surface area contributed by atoms with E-state index >= 15 is 0 Å². The number of ether oxygens (including phenoxy) is 2. The molecule has 3 aliphatic rings. The SMILES string of the molecule is CC(=O)N1CC[C@]2(COCc3cnc(N4CCOCC4)nc32)C1. The van der Waals surface area contributed by atoms with Gasteiger partial charge in [-0.3, -0.25) is 4.79 Å². The van der Waals surface area contributed by atoms with E-state index in [1.54, 1.807) is 6.92 Å². The minimum Gasteiger partial charge on any atom is -0.378 e. The molecule has 4 heterocycles. The third-order valence-electron chi connectivity index (χ3n) is 5.08. The van der Waals surface area contributed by atoms with Crippen LogP contribution in [-0.4, -0.2) is 66.8 Å². The fraction of sp³-hybridized carbons (Fsp3) is 0.688. The molecule has 1 amide bonds. The van der Waals surface area contributed by atoms with Crippen molar-refractivity contribution in [3.8, 4) is 0 Å². The van der Waals surface area contributed by atoms with Gasteiger partial charge in [0.05, 0.1) is 37.5 Å². The molecule has 0 unspecified atom stereocenters. The van der Waals surface area contributed by atoms with Crippen LogP contribution in [0.15, 0.2) is 6.20 Å². The lowest BCUT2D eigenvalue weighted by atomic mass is 9.80. The van der Waals surface area contributed by atoms with Gasteiger partial charge in [0.1, 0.15) is 0 Å². The first-order valence-electron chi connectivity index (χ1n) is 8.20. The van der Waals surface area contributed by atoms with Crippen LogP contribution < -0.4 is 4.90 Å². The summed E-state index contributed by atoms with van der Waals surface area (Å²) in [6.45, 7) is 7.35. The lowest BCUT2D eigenvalue weighted by molar-refractivity contribution is -0.128. The Bertz CT molecular complexity index is 617. The van der Waals surface area contributed by atoms with Crippen molar-refractivity contribution in [2.24, 2.45) is 0 Å². The van der Waals surface area contributed by atoms with Gasteiger partial charge in [-0.15, -0.1) is 0 Å². The molecule has 2 fully saturated rings. The molecule has 0 bridgehead atoms. The van der Waals surface area contributed by atoms with Gasteiger partial charge in [-0.05, 0) is 6.42 Å². The highest BCUT2D eigenvalue weighted by atomic mass is 16.5. The second kappa shape index (κ2) is 5.72. The molecule has 1 aromatic rings. The van der Waals surface area contributed by atoms with Gasteiger partial charge >= 0.3 is 0 Å². The smallest absolute Gasteiger partial charge is 0.225 e. The molecule has 0 aliphatic carbocycles. The largest absolute Gasteiger partial charge is 0.378 e. The summed E-state index contributed by atoms with van der Waals surface area (Å²) in [5, 5.41) is 0. The zero-order valence-corrected chi connectivity index (χ0v) is 13.5. The van der Waals surface area contributed by atoms with Gasteiger partial charge in [0.15, 0.2) is 0 Å². The Morgan fingerprint density at radius 2 is 2.09 bits per heavy atom. The predicted molar refractivity (Wildman–Crippen MR) is 83.3 cm³/mol. The van der Waals surface area contributed by atoms with Crippen LogP contribution in [0, 0.1) is 0 Å². The van der Waals surface area contributed by atoms with E-state index in [4.69, 9.17) is 14.5 Å². The third-order valence-corrected chi connectivity index (χ3v) is 5.08. The highest BCUT2D eigenvalue weighted by Gasteiger charge is 2.45. The normalized spacial score (nSPS) is 27.3. The van der Waals surface area contributed by atoms with Crippen molar-refractivity contribution in [3.63, 3.8) is 0 Å². The van der Waals surface area contributed by atoms with Crippen molar-refractivity contribution in [1.29, 1.82) is 0 Å². The number of aromatic nitrogens is 2. The van der Waals surface area contributed by atoms with Crippen molar-refractivity contribution in [3.05, 3.63) is 17.5 Å². The number of amides is 1. The van der Waals surface area contributed by atoms with Crippen LogP contribution in [-0.2, 0) is 26.3 Å². The van der Waals surface area contributed by atoms with E-state index < -0.39 is 0 Å². The molecule has 0 aromatic carbocycles. The number of fused-ring (bicyclic) bond motifs is 2. The fourth-order valence-electron chi connectivity index (χ4n) is 3.76. The van der Waals surface area contributed by atoms with E-state index in [2.05, 4.69) is 9.88 Å². The zero-order valence-electron chi connectivity index (χ0n) is 13.5. The molecule has 1 aromatic heterocycles. The summed E-state index contributed by atoms with van der Waals surface area (Å²) in [4.78, 5) is 25.2. The summed E-state index contributed by atoms with van der Waals surface area (Å²) in [5.41, 5.74) is 1.95. The molecule has 1 atom stereocenters. The molecule has 4 rings (SSSR count). The molecule has 23 heavy (non-hydrogen) atoms. The Morgan fingerprint density at radius 1 is 1.26 bits per heavy atom. The van der Waals surface area contributed by atoms with Crippen molar-refractivity contribution < 1.29 is 14.3 Å². The van der Waals surface area contributed by atoms with E-state index in [1.165, 1.54) is 0 Å². The first-order valence-corrected chi connectivity index (χ1v) is 8.20. The third kappa shape index (κ3) is 2.57. The Balaban J connectivity index is 1.67. The van der Waals surface area contributed by atoms with Crippen LogP contribution in [0.5, 0.6) is 0 Å². The summed E-state index contributed by atoms with van der Waals surface area (Å²) in [5.74, 6) is 0.894. The number of carbonyl (C=O) groups is 1. The van der Waals surface area contributed by atoms with Gasteiger partial charge in [-0.1, -0.05) is 0 Å². The minimum atomic E-state index is -0.177. The maximum absolute atomic E-state index is 11.7. The molecule has 2 saturated heterocycles. The molecular formula is C16H22N4O3. The monoisotopic (exact) mass is 318 g/mol. The van der Waals surface area contributed by atoms with Gasteiger partial charge < -0.3 is 19.3 Å². The number of hydrogen-bond acceptors (Lipinski definition) is 6. The Labute approximate surface area is 135 Å². The quantitative estimate of drug-likeness (QED) is 0.743. The average Bonchev–Trinajstić information content (AvgIpc) is 3.01. The molecule has 0 radical (unpaired) electrons. The number of carbonyl (C=O) groups excluding carboxylic acids is 1. The lowest BCUT2D eigenvalue weighted by Gasteiger charge is -2.35. The summed E-state index contributed by atoms with van der Waals surface area (Å²) < 4.78 is 11.2. The number of likely N-dealkylation sites (tertiary alicyclic amines) is 1. The molecule has 7 heteroatoms. The van der Waals surface area contributed by atoms with Crippen molar-refractivity contribution in [1.82, 2.24) is 14.9 Å². The molecule has 1 spiro atoms. The average molecular weight is 318 g/mol. The molecule has 124 valence electrons. The lowest BCUT2D eigenvalue weighted by Crippen LogP contribution is -2.42. The van der Waals surface area contributed by atoms with E-state index in [0.29, 0.717) is 33.0 Å². The van der Waals surface area contributed by atoms with Gasteiger partial charge in [-0.25, -0.2) is 9.97 Å². The van der Waals surface area contributed by atoms with Crippen LogP contribution in [0.3, 0.4) is 0 Å². The minimum absolute atomic E-state index is 0.122. The molecular weight excluding hydrogens is 296 g/mol. The Morgan fingerprint density at radius 3 is 2.83 bits per heavy atom. The number of hydrogen-bond donors (Lipinski definition) is 0. The van der Waals surface area contributed by atoms with Gasteiger partial charge in [-0.2, -0.15) is 0 Å². The zero-order chi connectivity index (χ0) is 15.9. The van der Waals surface area contributed by atoms with Gasteiger partial charge in [0.2, 0.25) is 11.9 Å². The number of nitrogens with zero attached hydrogens (tertiary/aromatic N) is 4. The molecule has 3 aliphatic heterocycles. The van der Waals surface area contributed by atoms with Crippen LogP contribution in [0.2, 0.25) is 0 Å². The van der Waals surface area contributed by atoms with Crippen LogP contribution in [0.25, 0.3) is 0 Å². The fourth-order valence-corrected chi connectivity index (χ4v) is 3.76. The molecule has 0 N–H and O–H groups in total. The second-order valence-electron chi connectivity index (χ2n) is 6.61. The summed E-state index contributed by atoms with van der Waals surface area (Å²) in [6.07, 6.45) is 2.80. The van der Waals surface area contributed by atoms with Gasteiger partial charge in [0, 0.05) is 44.9 Å².